The van der Waals surface area contributed by atoms with E-state index in [2.05, 4.69) is 0 Å². The molecular formula is C9H11F2NO3S. The van der Waals surface area contributed by atoms with Crippen LogP contribution in [0.1, 0.15) is 13.8 Å². The van der Waals surface area contributed by atoms with E-state index in [4.69, 9.17) is 9.88 Å². The number of sulfonamides is 1. The van der Waals surface area contributed by atoms with Gasteiger partial charge in [-0.2, -0.15) is 0 Å². The number of benzene rings is 1. The van der Waals surface area contributed by atoms with Crippen LogP contribution in [0.5, 0.6) is 5.75 Å². The molecule has 1 rings (SSSR count). The van der Waals surface area contributed by atoms with Crippen molar-refractivity contribution in [2.24, 2.45) is 5.14 Å². The van der Waals surface area contributed by atoms with Crippen molar-refractivity contribution in [3.8, 4) is 5.75 Å². The quantitative estimate of drug-likeness (QED) is 0.882. The molecular weight excluding hydrogens is 240 g/mol. The SMILES string of the molecule is CC(C)Oc1c(F)cc(F)cc1S(N)(=O)=O. The first-order chi connectivity index (χ1) is 7.21. The molecule has 0 aliphatic rings. The van der Waals surface area contributed by atoms with Crippen LogP contribution >= 0.6 is 0 Å². The summed E-state index contributed by atoms with van der Waals surface area (Å²) < 4.78 is 53.3. The Morgan fingerprint density at radius 2 is 1.88 bits per heavy atom. The number of rotatable bonds is 3. The second-order valence-corrected chi connectivity index (χ2v) is 4.96. The maximum absolute atomic E-state index is 13.3. The minimum absolute atomic E-state index is 0.458. The molecule has 1 aromatic rings. The van der Waals surface area contributed by atoms with E-state index in [1.807, 2.05) is 0 Å². The lowest BCUT2D eigenvalue weighted by Crippen LogP contribution is -2.17. The minimum Gasteiger partial charge on any atom is -0.486 e. The van der Waals surface area contributed by atoms with Crippen LogP contribution in [0.4, 0.5) is 8.78 Å². The van der Waals surface area contributed by atoms with Crippen LogP contribution < -0.4 is 9.88 Å². The zero-order valence-corrected chi connectivity index (χ0v) is 9.51. The van der Waals surface area contributed by atoms with Crippen LogP contribution in [0.2, 0.25) is 0 Å². The maximum atomic E-state index is 13.3. The molecule has 0 unspecified atom stereocenters. The van der Waals surface area contributed by atoms with Crippen LogP contribution in [0.15, 0.2) is 17.0 Å². The highest BCUT2D eigenvalue weighted by Gasteiger charge is 2.21. The molecule has 0 aliphatic heterocycles. The van der Waals surface area contributed by atoms with Gasteiger partial charge >= 0.3 is 0 Å². The van der Waals surface area contributed by atoms with Gasteiger partial charge < -0.3 is 4.74 Å². The molecule has 0 radical (unpaired) electrons. The Hall–Kier alpha value is -1.21. The summed E-state index contributed by atoms with van der Waals surface area (Å²) in [6.45, 7) is 3.16. The summed E-state index contributed by atoms with van der Waals surface area (Å²) in [5.41, 5.74) is 0. The smallest absolute Gasteiger partial charge is 0.241 e. The number of ether oxygens (including phenoxy) is 1. The van der Waals surface area contributed by atoms with Crippen molar-refractivity contribution < 1.29 is 21.9 Å². The van der Waals surface area contributed by atoms with E-state index in [9.17, 15) is 17.2 Å². The molecule has 0 amide bonds. The van der Waals surface area contributed by atoms with E-state index in [1.165, 1.54) is 0 Å². The van der Waals surface area contributed by atoms with Gasteiger partial charge in [0.05, 0.1) is 6.10 Å². The van der Waals surface area contributed by atoms with Crippen LogP contribution in [0, 0.1) is 11.6 Å². The van der Waals surface area contributed by atoms with Gasteiger partial charge in [0, 0.05) is 6.07 Å². The van der Waals surface area contributed by atoms with E-state index in [0.29, 0.717) is 12.1 Å². The minimum atomic E-state index is -4.23. The summed E-state index contributed by atoms with van der Waals surface area (Å²) in [5, 5.41) is 4.83. The predicted molar refractivity (Wildman–Crippen MR) is 53.5 cm³/mol. The number of nitrogens with two attached hydrogens (primary N) is 1. The lowest BCUT2D eigenvalue weighted by molar-refractivity contribution is 0.223. The Kier molecular flexibility index (Phi) is 3.49. The van der Waals surface area contributed by atoms with Gasteiger partial charge in [0.1, 0.15) is 10.7 Å². The fraction of sp³-hybridized carbons (Fsp3) is 0.333. The summed E-state index contributed by atoms with van der Waals surface area (Å²) in [6.07, 6.45) is -0.458. The fourth-order valence-corrected chi connectivity index (χ4v) is 1.78. The van der Waals surface area contributed by atoms with Crippen molar-refractivity contribution in [3.63, 3.8) is 0 Å². The molecule has 0 saturated heterocycles. The zero-order valence-electron chi connectivity index (χ0n) is 8.70. The van der Waals surface area contributed by atoms with Gasteiger partial charge in [0.15, 0.2) is 11.6 Å². The van der Waals surface area contributed by atoms with Gasteiger partial charge in [0.2, 0.25) is 10.0 Å². The number of hydrogen-bond donors (Lipinski definition) is 1. The molecule has 0 saturated carbocycles. The standard InChI is InChI=1S/C9H11F2NO3S/c1-5(2)15-9-7(11)3-6(10)4-8(9)16(12,13)14/h3-5H,1-2H3,(H2,12,13,14). The Morgan fingerprint density at radius 1 is 1.31 bits per heavy atom. The van der Waals surface area contributed by atoms with Crippen molar-refractivity contribution in [2.45, 2.75) is 24.8 Å². The first-order valence-electron chi connectivity index (χ1n) is 4.40. The molecule has 7 heteroatoms. The lowest BCUT2D eigenvalue weighted by atomic mass is 10.3. The molecule has 0 bridgehead atoms. The first kappa shape index (κ1) is 12.9. The van der Waals surface area contributed by atoms with Crippen LogP contribution in [0.3, 0.4) is 0 Å². The van der Waals surface area contributed by atoms with Gasteiger partial charge in [-0.1, -0.05) is 0 Å². The zero-order chi connectivity index (χ0) is 12.5. The summed E-state index contributed by atoms with van der Waals surface area (Å²) in [5.74, 6) is -2.69. The highest BCUT2D eigenvalue weighted by atomic mass is 32.2. The molecule has 16 heavy (non-hydrogen) atoms. The average molecular weight is 251 g/mol. The highest BCUT2D eigenvalue weighted by Crippen LogP contribution is 2.28. The Balaban J connectivity index is 3.45. The molecule has 4 nitrogen and oxygen atoms in total. The van der Waals surface area contributed by atoms with Gasteiger partial charge in [-0.3, -0.25) is 0 Å². The predicted octanol–water partition coefficient (Wildman–Crippen LogP) is 1.40. The van der Waals surface area contributed by atoms with Crippen LogP contribution in [-0.4, -0.2) is 14.5 Å². The number of hydrogen-bond acceptors (Lipinski definition) is 3. The third-order valence-corrected chi connectivity index (χ3v) is 2.55. The van der Waals surface area contributed by atoms with E-state index in [1.54, 1.807) is 13.8 Å². The fourth-order valence-electron chi connectivity index (χ4n) is 1.10. The summed E-state index contributed by atoms with van der Waals surface area (Å²) in [6, 6.07) is 1.16. The van der Waals surface area contributed by atoms with Crippen LogP contribution in [0.25, 0.3) is 0 Å². The third-order valence-electron chi connectivity index (χ3n) is 1.63. The van der Waals surface area contributed by atoms with Gasteiger partial charge in [-0.05, 0) is 19.9 Å². The highest BCUT2D eigenvalue weighted by molar-refractivity contribution is 7.89. The molecule has 0 atom stereocenters. The maximum Gasteiger partial charge on any atom is 0.241 e. The van der Waals surface area contributed by atoms with E-state index < -0.39 is 38.4 Å². The van der Waals surface area contributed by atoms with E-state index in [-0.39, 0.29) is 0 Å². The van der Waals surface area contributed by atoms with Gasteiger partial charge in [-0.25, -0.2) is 22.3 Å². The van der Waals surface area contributed by atoms with Crippen molar-refractivity contribution in [1.29, 1.82) is 0 Å². The van der Waals surface area contributed by atoms with Gasteiger partial charge in [0.25, 0.3) is 0 Å². The number of primary sulfonamides is 1. The van der Waals surface area contributed by atoms with Crippen LogP contribution in [-0.2, 0) is 10.0 Å². The molecule has 90 valence electrons. The lowest BCUT2D eigenvalue weighted by Gasteiger charge is -2.13. The molecule has 2 N–H and O–H groups in total. The van der Waals surface area contributed by atoms with Gasteiger partial charge in [-0.15, -0.1) is 0 Å². The first-order valence-corrected chi connectivity index (χ1v) is 5.95. The summed E-state index contributed by atoms with van der Waals surface area (Å²) >= 11 is 0. The molecule has 1 aromatic carbocycles. The van der Waals surface area contributed by atoms with Crippen molar-refractivity contribution in [3.05, 3.63) is 23.8 Å². The second kappa shape index (κ2) is 4.34. The normalized spacial score (nSPS) is 11.9. The monoisotopic (exact) mass is 251 g/mol. The van der Waals surface area contributed by atoms with Crippen molar-refractivity contribution in [1.82, 2.24) is 0 Å². The molecule has 0 heterocycles. The number of halogens is 2. The molecule has 0 aromatic heterocycles. The largest absolute Gasteiger partial charge is 0.486 e. The average Bonchev–Trinajstić information content (AvgIpc) is 2.06. The van der Waals surface area contributed by atoms with Crippen molar-refractivity contribution >= 4 is 10.0 Å². The second-order valence-electron chi connectivity index (χ2n) is 3.43. The Bertz CT molecular complexity index is 500. The summed E-state index contributed by atoms with van der Waals surface area (Å²) in [4.78, 5) is -0.696. The molecule has 0 spiro atoms. The van der Waals surface area contributed by atoms with Crippen molar-refractivity contribution in [2.75, 3.05) is 0 Å². The topological polar surface area (TPSA) is 69.4 Å². The molecule has 0 fully saturated rings. The Labute approximate surface area is 92.1 Å². The summed E-state index contributed by atoms with van der Waals surface area (Å²) in [7, 11) is -4.23. The van der Waals surface area contributed by atoms with E-state index >= 15 is 0 Å². The third kappa shape index (κ3) is 2.89. The Morgan fingerprint density at radius 3 is 2.31 bits per heavy atom. The van der Waals surface area contributed by atoms with E-state index in [0.717, 1.165) is 0 Å². The molecule has 0 aliphatic carbocycles.